The summed E-state index contributed by atoms with van der Waals surface area (Å²) in [5.74, 6) is 0. The maximum Gasteiger partial charge on any atom is 0.244 e. The Kier molecular flexibility index (Phi) is 4.17. The van der Waals surface area contributed by atoms with E-state index in [2.05, 4.69) is 19.9 Å². The Hall–Kier alpha value is -1.77. The molecular formula is C12H16N4O3S. The third kappa shape index (κ3) is 3.03. The smallest absolute Gasteiger partial charge is 0.244 e. The van der Waals surface area contributed by atoms with Gasteiger partial charge in [0.2, 0.25) is 10.0 Å². The van der Waals surface area contributed by atoms with E-state index in [0.29, 0.717) is 5.69 Å². The lowest BCUT2D eigenvalue weighted by Crippen LogP contribution is -2.24. The van der Waals surface area contributed by atoms with Gasteiger partial charge in [-0.2, -0.15) is 5.10 Å². The number of sulfonamides is 1. The van der Waals surface area contributed by atoms with Gasteiger partial charge in [0.15, 0.2) is 0 Å². The molecule has 2 aromatic heterocycles. The summed E-state index contributed by atoms with van der Waals surface area (Å²) in [5, 5.41) is 15.4. The summed E-state index contributed by atoms with van der Waals surface area (Å²) in [4.78, 5) is 4.10. The van der Waals surface area contributed by atoms with Crippen LogP contribution in [0.3, 0.4) is 0 Å². The monoisotopic (exact) mass is 296 g/mol. The molecule has 0 aliphatic carbocycles. The Bertz CT molecular complexity index is 692. The average Bonchev–Trinajstić information content (AvgIpc) is 2.80. The van der Waals surface area contributed by atoms with Crippen LogP contribution < -0.4 is 4.72 Å². The quantitative estimate of drug-likeness (QED) is 0.740. The number of nitrogens with one attached hydrogen (secondary N) is 2. The second kappa shape index (κ2) is 5.70. The molecule has 0 spiro atoms. The number of aromatic nitrogens is 3. The molecule has 0 radical (unpaired) electrons. The normalized spacial score (nSPS) is 11.8. The lowest BCUT2D eigenvalue weighted by atomic mass is 10.2. The number of aliphatic hydroxyl groups is 1. The predicted octanol–water partition coefficient (Wildman–Crippen LogP) is 0.392. The lowest BCUT2D eigenvalue weighted by molar-refractivity contribution is 0.273. The van der Waals surface area contributed by atoms with Gasteiger partial charge in [0.25, 0.3) is 0 Å². The van der Waals surface area contributed by atoms with Crippen LogP contribution in [-0.4, -0.2) is 28.7 Å². The van der Waals surface area contributed by atoms with Crippen LogP contribution in [0.4, 0.5) is 0 Å². The molecule has 0 aliphatic heterocycles. The number of nitrogens with zero attached hydrogens (tertiary/aromatic N) is 2. The van der Waals surface area contributed by atoms with E-state index < -0.39 is 16.6 Å². The first-order valence-electron chi connectivity index (χ1n) is 6.00. The predicted molar refractivity (Wildman–Crippen MR) is 72.2 cm³/mol. The summed E-state index contributed by atoms with van der Waals surface area (Å²) in [5.41, 5.74) is 2.12. The lowest BCUT2D eigenvalue weighted by Gasteiger charge is -2.07. The highest BCUT2D eigenvalue weighted by atomic mass is 32.2. The molecule has 0 unspecified atom stereocenters. The molecular weight excluding hydrogens is 280 g/mol. The SMILES string of the molecule is Cc1ccc(CNS(=O)(=O)c2c(CO)n[nH]c2C)cn1. The largest absolute Gasteiger partial charge is 0.390 e. The first-order chi connectivity index (χ1) is 9.44. The van der Waals surface area contributed by atoms with Crippen LogP contribution in [0.15, 0.2) is 23.2 Å². The molecule has 0 bridgehead atoms. The fourth-order valence-corrected chi connectivity index (χ4v) is 3.16. The van der Waals surface area contributed by atoms with Gasteiger partial charge in [-0.05, 0) is 25.5 Å². The molecule has 0 saturated heterocycles. The Morgan fingerprint density at radius 3 is 2.70 bits per heavy atom. The molecule has 108 valence electrons. The topological polar surface area (TPSA) is 108 Å². The van der Waals surface area contributed by atoms with Gasteiger partial charge in [-0.1, -0.05) is 6.07 Å². The standard InChI is InChI=1S/C12H16N4O3S/c1-8-3-4-10(5-13-8)6-14-20(18,19)12-9(2)15-16-11(12)7-17/h3-5,14,17H,6-7H2,1-2H3,(H,15,16). The van der Waals surface area contributed by atoms with E-state index in [-0.39, 0.29) is 17.1 Å². The highest BCUT2D eigenvalue weighted by Crippen LogP contribution is 2.17. The first-order valence-corrected chi connectivity index (χ1v) is 7.48. The molecule has 7 nitrogen and oxygen atoms in total. The minimum atomic E-state index is -3.73. The van der Waals surface area contributed by atoms with Gasteiger partial charge in [0.05, 0.1) is 12.3 Å². The third-order valence-electron chi connectivity index (χ3n) is 2.82. The van der Waals surface area contributed by atoms with Gasteiger partial charge < -0.3 is 5.11 Å². The zero-order valence-electron chi connectivity index (χ0n) is 11.2. The molecule has 2 heterocycles. The van der Waals surface area contributed by atoms with E-state index in [1.54, 1.807) is 19.2 Å². The summed E-state index contributed by atoms with van der Waals surface area (Å²) >= 11 is 0. The van der Waals surface area contributed by atoms with Crippen LogP contribution in [0.25, 0.3) is 0 Å². The number of aryl methyl sites for hydroxylation is 2. The number of aliphatic hydroxyl groups excluding tert-OH is 1. The van der Waals surface area contributed by atoms with Gasteiger partial charge in [-0.15, -0.1) is 0 Å². The van der Waals surface area contributed by atoms with Crippen molar-refractivity contribution in [2.45, 2.75) is 31.9 Å². The van der Waals surface area contributed by atoms with Gasteiger partial charge in [0, 0.05) is 18.4 Å². The number of pyridine rings is 1. The van der Waals surface area contributed by atoms with E-state index >= 15 is 0 Å². The van der Waals surface area contributed by atoms with E-state index in [0.717, 1.165) is 11.3 Å². The molecule has 0 fully saturated rings. The van der Waals surface area contributed by atoms with Crippen molar-refractivity contribution < 1.29 is 13.5 Å². The average molecular weight is 296 g/mol. The molecule has 8 heteroatoms. The number of hydrogen-bond acceptors (Lipinski definition) is 5. The Labute approximate surface area is 117 Å². The Morgan fingerprint density at radius 1 is 1.35 bits per heavy atom. The van der Waals surface area contributed by atoms with Crippen molar-refractivity contribution in [2.75, 3.05) is 0 Å². The number of rotatable bonds is 5. The molecule has 0 aromatic carbocycles. The van der Waals surface area contributed by atoms with Gasteiger partial charge in [0.1, 0.15) is 10.6 Å². The van der Waals surface area contributed by atoms with Crippen LogP contribution in [0.5, 0.6) is 0 Å². The zero-order valence-corrected chi connectivity index (χ0v) is 12.0. The number of aromatic amines is 1. The molecule has 0 saturated carbocycles. The highest BCUT2D eigenvalue weighted by Gasteiger charge is 2.23. The highest BCUT2D eigenvalue weighted by molar-refractivity contribution is 7.89. The van der Waals surface area contributed by atoms with Crippen molar-refractivity contribution in [1.82, 2.24) is 19.9 Å². The Balaban J connectivity index is 2.19. The van der Waals surface area contributed by atoms with E-state index in [4.69, 9.17) is 5.11 Å². The van der Waals surface area contributed by atoms with Crippen LogP contribution in [0, 0.1) is 13.8 Å². The summed E-state index contributed by atoms with van der Waals surface area (Å²) in [6, 6.07) is 3.62. The zero-order chi connectivity index (χ0) is 14.8. The van der Waals surface area contributed by atoms with Gasteiger partial charge in [-0.3, -0.25) is 10.1 Å². The van der Waals surface area contributed by atoms with Crippen molar-refractivity contribution in [3.63, 3.8) is 0 Å². The molecule has 2 rings (SSSR count). The number of H-pyrrole nitrogens is 1. The summed E-state index contributed by atoms with van der Waals surface area (Å²) in [7, 11) is -3.73. The van der Waals surface area contributed by atoms with Crippen LogP contribution >= 0.6 is 0 Å². The van der Waals surface area contributed by atoms with Crippen molar-refractivity contribution >= 4 is 10.0 Å². The molecule has 20 heavy (non-hydrogen) atoms. The molecule has 3 N–H and O–H groups in total. The molecule has 2 aromatic rings. The second-order valence-corrected chi connectivity index (χ2v) is 6.12. The van der Waals surface area contributed by atoms with E-state index in [1.807, 2.05) is 13.0 Å². The Morgan fingerprint density at radius 2 is 2.10 bits per heavy atom. The molecule has 0 amide bonds. The first kappa shape index (κ1) is 14.6. The van der Waals surface area contributed by atoms with E-state index in [9.17, 15) is 8.42 Å². The van der Waals surface area contributed by atoms with Crippen molar-refractivity contribution in [1.29, 1.82) is 0 Å². The van der Waals surface area contributed by atoms with Crippen LogP contribution in [0.1, 0.15) is 22.6 Å². The van der Waals surface area contributed by atoms with Crippen LogP contribution in [-0.2, 0) is 23.2 Å². The van der Waals surface area contributed by atoms with Crippen molar-refractivity contribution in [2.24, 2.45) is 0 Å². The van der Waals surface area contributed by atoms with E-state index in [1.165, 1.54) is 0 Å². The molecule has 0 aliphatic rings. The van der Waals surface area contributed by atoms with Gasteiger partial charge >= 0.3 is 0 Å². The maximum absolute atomic E-state index is 12.2. The third-order valence-corrected chi connectivity index (χ3v) is 4.42. The second-order valence-electron chi connectivity index (χ2n) is 4.41. The van der Waals surface area contributed by atoms with Crippen molar-refractivity contribution in [3.8, 4) is 0 Å². The van der Waals surface area contributed by atoms with Crippen molar-refractivity contribution in [3.05, 3.63) is 41.0 Å². The summed E-state index contributed by atoms with van der Waals surface area (Å²) < 4.78 is 26.9. The van der Waals surface area contributed by atoms with Crippen LogP contribution in [0.2, 0.25) is 0 Å². The maximum atomic E-state index is 12.2. The minimum Gasteiger partial charge on any atom is -0.390 e. The molecule has 0 atom stereocenters. The number of hydrogen-bond donors (Lipinski definition) is 3. The van der Waals surface area contributed by atoms with Gasteiger partial charge in [-0.25, -0.2) is 13.1 Å². The summed E-state index contributed by atoms with van der Waals surface area (Å²) in [6.07, 6.45) is 1.62. The fraction of sp³-hybridized carbons (Fsp3) is 0.333. The fourth-order valence-electron chi connectivity index (χ4n) is 1.79. The minimum absolute atomic E-state index is 0.0000656. The summed E-state index contributed by atoms with van der Waals surface area (Å²) in [6.45, 7) is 3.14.